The maximum Gasteiger partial charge on any atom is 0.347 e. The van der Waals surface area contributed by atoms with Crippen LogP contribution in [0.1, 0.15) is 15.4 Å². The van der Waals surface area contributed by atoms with Gasteiger partial charge in [0.2, 0.25) is 0 Å². The Kier molecular flexibility index (Phi) is 2.09. The Balaban J connectivity index is 2.43. The van der Waals surface area contributed by atoms with Gasteiger partial charge in [0.1, 0.15) is 15.6 Å². The Morgan fingerprint density at radius 3 is 2.93 bits per heavy atom. The second-order valence-electron chi connectivity index (χ2n) is 2.73. The van der Waals surface area contributed by atoms with Gasteiger partial charge < -0.3 is 9.52 Å². The molecule has 2 rings (SSSR count). The lowest BCUT2D eigenvalue weighted by Gasteiger charge is -1.89. The van der Waals surface area contributed by atoms with E-state index in [-0.39, 0.29) is 4.88 Å². The van der Waals surface area contributed by atoms with Crippen molar-refractivity contribution in [1.29, 1.82) is 0 Å². The lowest BCUT2D eigenvalue weighted by Crippen LogP contribution is -1.89. The zero-order valence-electron chi connectivity index (χ0n) is 7.35. The highest BCUT2D eigenvalue weighted by Gasteiger charge is 2.12. The van der Waals surface area contributed by atoms with Crippen LogP contribution < -0.4 is 0 Å². The third-order valence-electron chi connectivity index (χ3n) is 1.81. The molecule has 0 amide bonds. The molecule has 2 aromatic heterocycles. The van der Waals surface area contributed by atoms with E-state index >= 15 is 0 Å². The molecule has 2 aromatic rings. The number of furan rings is 1. The molecule has 0 aliphatic heterocycles. The van der Waals surface area contributed by atoms with Gasteiger partial charge >= 0.3 is 5.97 Å². The maximum absolute atomic E-state index is 10.6. The number of thiazole rings is 1. The number of rotatable bonds is 2. The van der Waals surface area contributed by atoms with Crippen molar-refractivity contribution in [2.24, 2.45) is 0 Å². The lowest BCUT2D eigenvalue weighted by molar-refractivity contribution is 0.0702. The molecule has 2 heterocycles. The summed E-state index contributed by atoms with van der Waals surface area (Å²) < 4.78 is 5.11. The molecule has 0 atom stereocenters. The van der Waals surface area contributed by atoms with Crippen LogP contribution in [-0.4, -0.2) is 16.1 Å². The van der Waals surface area contributed by atoms with Crippen LogP contribution in [-0.2, 0) is 0 Å². The molecule has 0 bridgehead atoms. The first-order chi connectivity index (χ1) is 6.68. The van der Waals surface area contributed by atoms with Crippen LogP contribution in [0.3, 0.4) is 0 Å². The average Bonchev–Trinajstić information content (AvgIpc) is 2.71. The molecule has 4 nitrogen and oxygen atoms in total. The Morgan fingerprint density at radius 2 is 2.43 bits per heavy atom. The van der Waals surface area contributed by atoms with Gasteiger partial charge in [-0.3, -0.25) is 0 Å². The Bertz CT molecular complexity index is 472. The predicted octanol–water partition coefficient (Wildman–Crippen LogP) is 2.41. The summed E-state index contributed by atoms with van der Waals surface area (Å²) in [6, 6.07) is 1.78. The molecule has 0 aliphatic rings. The quantitative estimate of drug-likeness (QED) is 0.824. The minimum Gasteiger partial charge on any atom is -0.477 e. The van der Waals surface area contributed by atoms with Gasteiger partial charge in [-0.1, -0.05) is 0 Å². The van der Waals surface area contributed by atoms with Crippen molar-refractivity contribution in [3.8, 4) is 10.6 Å². The Labute approximate surface area is 83.8 Å². The monoisotopic (exact) mass is 209 g/mol. The molecule has 1 N–H and O–H groups in total. The molecule has 0 spiro atoms. The summed E-state index contributed by atoms with van der Waals surface area (Å²) in [6.07, 6.45) is 2.92. The van der Waals surface area contributed by atoms with Crippen molar-refractivity contribution < 1.29 is 14.3 Å². The summed E-state index contributed by atoms with van der Waals surface area (Å²) in [5, 5.41) is 9.39. The van der Waals surface area contributed by atoms with E-state index in [1.807, 2.05) is 6.92 Å². The van der Waals surface area contributed by atoms with Crippen molar-refractivity contribution in [3.63, 3.8) is 0 Å². The number of carboxylic acid groups (broad SMARTS) is 1. The van der Waals surface area contributed by atoms with Gasteiger partial charge in [-0.05, 0) is 13.0 Å². The lowest BCUT2D eigenvalue weighted by atomic mass is 10.3. The molecule has 0 unspecified atom stereocenters. The second kappa shape index (κ2) is 3.26. The molecule has 0 aromatic carbocycles. The third-order valence-corrected chi connectivity index (χ3v) is 2.82. The summed E-state index contributed by atoms with van der Waals surface area (Å²) in [6.45, 7) is 1.82. The number of hydrogen-bond donors (Lipinski definition) is 1. The van der Waals surface area contributed by atoms with Crippen molar-refractivity contribution in [1.82, 2.24) is 4.98 Å². The summed E-state index contributed by atoms with van der Waals surface area (Å²) in [5.41, 5.74) is 0.850. The number of aromatic carboxylic acids is 1. The highest BCUT2D eigenvalue weighted by molar-refractivity contribution is 7.16. The summed E-state index contributed by atoms with van der Waals surface area (Å²) >= 11 is 1.14. The van der Waals surface area contributed by atoms with Crippen molar-refractivity contribution in [2.45, 2.75) is 6.92 Å². The number of aromatic nitrogens is 1. The van der Waals surface area contributed by atoms with Crippen LogP contribution in [0.25, 0.3) is 10.6 Å². The van der Waals surface area contributed by atoms with Gasteiger partial charge in [0.15, 0.2) is 0 Å². The van der Waals surface area contributed by atoms with E-state index in [9.17, 15) is 4.79 Å². The predicted molar refractivity (Wildman–Crippen MR) is 51.5 cm³/mol. The summed E-state index contributed by atoms with van der Waals surface area (Å²) in [5.74, 6) is -0.203. The molecule has 0 saturated carbocycles. The first-order valence-electron chi connectivity index (χ1n) is 3.92. The van der Waals surface area contributed by atoms with Gasteiger partial charge in [0, 0.05) is 0 Å². The van der Waals surface area contributed by atoms with Gasteiger partial charge in [-0.25, -0.2) is 9.78 Å². The number of aryl methyl sites for hydroxylation is 1. The van der Waals surface area contributed by atoms with Crippen LogP contribution in [0, 0.1) is 6.92 Å². The van der Waals surface area contributed by atoms with E-state index < -0.39 is 5.97 Å². The standard InChI is InChI=1S/C9H7NO3S/c1-5-6(2-3-13-5)8-10-4-7(14-8)9(11)12/h2-4H,1H3,(H,11,12). The molecular weight excluding hydrogens is 202 g/mol. The largest absolute Gasteiger partial charge is 0.477 e. The van der Waals surface area contributed by atoms with Crippen LogP contribution in [0.2, 0.25) is 0 Å². The zero-order chi connectivity index (χ0) is 10.1. The van der Waals surface area contributed by atoms with E-state index in [2.05, 4.69) is 4.98 Å². The minimum absolute atomic E-state index is 0.237. The molecule has 0 radical (unpaired) electrons. The Hall–Kier alpha value is -1.62. The van der Waals surface area contributed by atoms with E-state index in [0.29, 0.717) is 5.01 Å². The normalized spacial score (nSPS) is 10.4. The van der Waals surface area contributed by atoms with Crippen LogP contribution in [0.4, 0.5) is 0 Å². The van der Waals surface area contributed by atoms with Crippen molar-refractivity contribution in [3.05, 3.63) is 29.2 Å². The topological polar surface area (TPSA) is 63.3 Å². The van der Waals surface area contributed by atoms with Crippen molar-refractivity contribution >= 4 is 17.3 Å². The highest BCUT2D eigenvalue weighted by Crippen LogP contribution is 2.28. The van der Waals surface area contributed by atoms with E-state index in [1.54, 1.807) is 12.3 Å². The number of carboxylic acids is 1. The fourth-order valence-electron chi connectivity index (χ4n) is 1.10. The Morgan fingerprint density at radius 1 is 1.64 bits per heavy atom. The first-order valence-corrected chi connectivity index (χ1v) is 4.73. The SMILES string of the molecule is Cc1occc1-c1ncc(C(=O)O)s1. The van der Waals surface area contributed by atoms with E-state index in [0.717, 1.165) is 22.7 Å². The summed E-state index contributed by atoms with van der Waals surface area (Å²) in [7, 11) is 0. The third kappa shape index (κ3) is 1.42. The van der Waals surface area contributed by atoms with E-state index in [1.165, 1.54) is 6.20 Å². The van der Waals surface area contributed by atoms with Gasteiger partial charge in [-0.2, -0.15) is 0 Å². The number of hydrogen-bond acceptors (Lipinski definition) is 4. The zero-order valence-corrected chi connectivity index (χ0v) is 8.17. The minimum atomic E-state index is -0.949. The number of carbonyl (C=O) groups is 1. The van der Waals surface area contributed by atoms with Gasteiger partial charge in [0.05, 0.1) is 18.0 Å². The fourth-order valence-corrected chi connectivity index (χ4v) is 1.93. The average molecular weight is 209 g/mol. The second-order valence-corrected chi connectivity index (χ2v) is 3.76. The maximum atomic E-state index is 10.6. The van der Waals surface area contributed by atoms with Crippen LogP contribution in [0.15, 0.2) is 22.9 Å². The first kappa shape index (κ1) is 8.96. The molecular formula is C9H7NO3S. The number of nitrogens with zero attached hydrogens (tertiary/aromatic N) is 1. The molecule has 0 saturated heterocycles. The molecule has 14 heavy (non-hydrogen) atoms. The van der Waals surface area contributed by atoms with Gasteiger partial charge in [0.25, 0.3) is 0 Å². The molecule has 0 fully saturated rings. The fraction of sp³-hybridized carbons (Fsp3) is 0.111. The highest BCUT2D eigenvalue weighted by atomic mass is 32.1. The molecule has 0 aliphatic carbocycles. The van der Waals surface area contributed by atoms with Crippen molar-refractivity contribution in [2.75, 3.05) is 0 Å². The smallest absolute Gasteiger partial charge is 0.347 e. The van der Waals surface area contributed by atoms with Crippen LogP contribution in [0.5, 0.6) is 0 Å². The van der Waals surface area contributed by atoms with E-state index in [4.69, 9.17) is 9.52 Å². The molecule has 5 heteroatoms. The van der Waals surface area contributed by atoms with Gasteiger partial charge in [-0.15, -0.1) is 11.3 Å². The van der Waals surface area contributed by atoms with Crippen LogP contribution >= 0.6 is 11.3 Å². The molecule has 72 valence electrons. The summed E-state index contributed by atoms with van der Waals surface area (Å²) in [4.78, 5) is 14.9.